The summed E-state index contributed by atoms with van der Waals surface area (Å²) in [5.41, 5.74) is 2.19. The Morgan fingerprint density at radius 1 is 1.22 bits per heavy atom. The van der Waals surface area contributed by atoms with Crippen LogP contribution in [-0.2, 0) is 11.2 Å². The molecular weight excluding hydrogens is 250 g/mol. The molecule has 1 atom stereocenters. The van der Waals surface area contributed by atoms with E-state index < -0.39 is 6.10 Å². The van der Waals surface area contributed by atoms with Gasteiger partial charge in [0.05, 0.1) is 12.7 Å². The second-order valence-electron chi connectivity index (χ2n) is 4.56. The van der Waals surface area contributed by atoms with Gasteiger partial charge in [0, 0.05) is 19.7 Å². The zero-order valence-corrected chi connectivity index (χ0v) is 12.2. The normalized spacial score (nSPS) is 12.3. The minimum absolute atomic E-state index is 0. The maximum absolute atomic E-state index is 9.95. The molecule has 2 N–H and O–H groups in total. The molecule has 0 aliphatic carbocycles. The number of nitrogens with one attached hydrogen (secondary N) is 1. The fraction of sp³-hybridized carbons (Fsp3) is 0.571. The highest BCUT2D eigenvalue weighted by molar-refractivity contribution is 5.85. The summed E-state index contributed by atoms with van der Waals surface area (Å²) >= 11 is 0. The van der Waals surface area contributed by atoms with Gasteiger partial charge in [0.15, 0.2) is 0 Å². The van der Waals surface area contributed by atoms with Crippen molar-refractivity contribution in [2.75, 3.05) is 20.3 Å². The highest BCUT2D eigenvalue weighted by Gasteiger charge is 2.07. The lowest BCUT2D eigenvalue weighted by Gasteiger charge is -2.14. The summed E-state index contributed by atoms with van der Waals surface area (Å²) in [6.07, 6.45) is 0.478. The number of ether oxygens (including phenoxy) is 1. The molecule has 0 bridgehead atoms. The van der Waals surface area contributed by atoms with E-state index in [2.05, 4.69) is 19.2 Å². The first-order valence-electron chi connectivity index (χ1n) is 6.12. The van der Waals surface area contributed by atoms with Crippen LogP contribution in [-0.4, -0.2) is 31.4 Å². The molecule has 1 aromatic rings. The average molecular weight is 274 g/mol. The largest absolute Gasteiger partial charge is 0.387 e. The maximum atomic E-state index is 9.95. The fourth-order valence-electron chi connectivity index (χ4n) is 1.59. The van der Waals surface area contributed by atoms with E-state index in [1.807, 2.05) is 24.3 Å². The SMILES string of the molecule is COCCc1ccc(C(O)CNC(C)C)cc1.Cl. The first-order valence-corrected chi connectivity index (χ1v) is 6.12. The van der Waals surface area contributed by atoms with Crippen molar-refractivity contribution < 1.29 is 9.84 Å². The van der Waals surface area contributed by atoms with Crippen LogP contribution >= 0.6 is 12.4 Å². The van der Waals surface area contributed by atoms with Crippen molar-refractivity contribution >= 4 is 12.4 Å². The van der Waals surface area contributed by atoms with Crippen LogP contribution in [0.5, 0.6) is 0 Å². The van der Waals surface area contributed by atoms with Crippen LogP contribution in [0.4, 0.5) is 0 Å². The number of methoxy groups -OCH3 is 1. The van der Waals surface area contributed by atoms with Crippen molar-refractivity contribution in [2.24, 2.45) is 0 Å². The molecule has 0 saturated carbocycles. The summed E-state index contributed by atoms with van der Waals surface area (Å²) in [6, 6.07) is 8.46. The molecule has 0 spiro atoms. The van der Waals surface area contributed by atoms with Gasteiger partial charge in [-0.3, -0.25) is 0 Å². The molecule has 1 rings (SSSR count). The van der Waals surface area contributed by atoms with Gasteiger partial charge in [-0.25, -0.2) is 0 Å². The summed E-state index contributed by atoms with van der Waals surface area (Å²) in [5.74, 6) is 0. The Morgan fingerprint density at radius 2 is 1.83 bits per heavy atom. The predicted octanol–water partition coefficient (Wildman–Crippen LogP) is 2.33. The van der Waals surface area contributed by atoms with Gasteiger partial charge >= 0.3 is 0 Å². The summed E-state index contributed by atoms with van der Waals surface area (Å²) in [5, 5.41) is 13.2. The van der Waals surface area contributed by atoms with Crippen molar-refractivity contribution in [2.45, 2.75) is 32.4 Å². The van der Waals surface area contributed by atoms with Crippen molar-refractivity contribution in [1.29, 1.82) is 0 Å². The van der Waals surface area contributed by atoms with Crippen LogP contribution < -0.4 is 5.32 Å². The lowest BCUT2D eigenvalue weighted by molar-refractivity contribution is 0.171. The number of benzene rings is 1. The van der Waals surface area contributed by atoms with Crippen LogP contribution in [0.2, 0.25) is 0 Å². The van der Waals surface area contributed by atoms with Gasteiger partial charge < -0.3 is 15.2 Å². The van der Waals surface area contributed by atoms with Crippen LogP contribution in [0.15, 0.2) is 24.3 Å². The summed E-state index contributed by atoms with van der Waals surface area (Å²) in [4.78, 5) is 0. The maximum Gasteiger partial charge on any atom is 0.0914 e. The molecule has 0 aliphatic rings. The number of hydrogen-bond donors (Lipinski definition) is 2. The summed E-state index contributed by atoms with van der Waals surface area (Å²) in [6.45, 7) is 5.47. The van der Waals surface area contributed by atoms with E-state index in [-0.39, 0.29) is 12.4 Å². The zero-order valence-electron chi connectivity index (χ0n) is 11.3. The van der Waals surface area contributed by atoms with Crippen LogP contribution in [0.3, 0.4) is 0 Å². The van der Waals surface area contributed by atoms with Gasteiger partial charge in [-0.05, 0) is 17.5 Å². The van der Waals surface area contributed by atoms with Crippen LogP contribution in [0.1, 0.15) is 31.1 Å². The van der Waals surface area contributed by atoms with E-state index in [4.69, 9.17) is 4.74 Å². The van der Waals surface area contributed by atoms with E-state index in [1.165, 1.54) is 5.56 Å². The molecule has 1 unspecified atom stereocenters. The third-order valence-corrected chi connectivity index (χ3v) is 2.68. The number of aliphatic hydroxyl groups is 1. The van der Waals surface area contributed by atoms with Gasteiger partial charge in [0.25, 0.3) is 0 Å². The molecule has 0 amide bonds. The number of halogens is 1. The third-order valence-electron chi connectivity index (χ3n) is 2.68. The van der Waals surface area contributed by atoms with Crippen LogP contribution in [0, 0.1) is 0 Å². The van der Waals surface area contributed by atoms with Crippen molar-refractivity contribution in [3.8, 4) is 0 Å². The lowest BCUT2D eigenvalue weighted by atomic mass is 10.1. The van der Waals surface area contributed by atoms with Crippen LogP contribution in [0.25, 0.3) is 0 Å². The summed E-state index contributed by atoms with van der Waals surface area (Å²) < 4.78 is 5.03. The minimum atomic E-state index is -0.436. The van der Waals surface area contributed by atoms with E-state index in [0.29, 0.717) is 12.6 Å². The van der Waals surface area contributed by atoms with E-state index in [1.54, 1.807) is 7.11 Å². The van der Waals surface area contributed by atoms with Gasteiger partial charge in [-0.2, -0.15) is 0 Å². The van der Waals surface area contributed by atoms with E-state index in [0.717, 1.165) is 18.6 Å². The Bertz CT molecular complexity index is 314. The monoisotopic (exact) mass is 273 g/mol. The molecule has 0 saturated heterocycles. The molecule has 0 radical (unpaired) electrons. The Kier molecular flexibility index (Phi) is 9.02. The topological polar surface area (TPSA) is 41.5 Å². The van der Waals surface area contributed by atoms with Crippen molar-refractivity contribution in [3.63, 3.8) is 0 Å². The molecule has 104 valence electrons. The first kappa shape index (κ1) is 17.4. The van der Waals surface area contributed by atoms with Crippen molar-refractivity contribution in [3.05, 3.63) is 35.4 Å². The van der Waals surface area contributed by atoms with E-state index in [9.17, 15) is 5.11 Å². The standard InChI is InChI=1S/C14H23NO2.ClH/c1-11(2)15-10-14(16)13-6-4-12(5-7-13)8-9-17-3;/h4-7,11,14-16H,8-10H2,1-3H3;1H. The lowest BCUT2D eigenvalue weighted by Crippen LogP contribution is -2.27. The second-order valence-corrected chi connectivity index (χ2v) is 4.56. The fourth-order valence-corrected chi connectivity index (χ4v) is 1.59. The molecule has 0 heterocycles. The smallest absolute Gasteiger partial charge is 0.0914 e. The van der Waals surface area contributed by atoms with E-state index >= 15 is 0 Å². The highest BCUT2D eigenvalue weighted by Crippen LogP contribution is 2.13. The molecule has 3 nitrogen and oxygen atoms in total. The van der Waals surface area contributed by atoms with Gasteiger partial charge in [-0.1, -0.05) is 38.1 Å². The molecule has 0 fully saturated rings. The number of aliphatic hydroxyl groups excluding tert-OH is 1. The minimum Gasteiger partial charge on any atom is -0.387 e. The van der Waals surface area contributed by atoms with Gasteiger partial charge in [0.1, 0.15) is 0 Å². The molecule has 1 aromatic carbocycles. The third kappa shape index (κ3) is 6.36. The quantitative estimate of drug-likeness (QED) is 0.801. The van der Waals surface area contributed by atoms with Gasteiger partial charge in [-0.15, -0.1) is 12.4 Å². The molecule has 0 aromatic heterocycles. The number of rotatable bonds is 7. The second kappa shape index (κ2) is 9.34. The first-order chi connectivity index (χ1) is 8.13. The van der Waals surface area contributed by atoms with Crippen molar-refractivity contribution in [1.82, 2.24) is 5.32 Å². The number of hydrogen-bond acceptors (Lipinski definition) is 3. The molecule has 4 heteroatoms. The average Bonchev–Trinajstić information content (AvgIpc) is 2.34. The van der Waals surface area contributed by atoms with Gasteiger partial charge in [0.2, 0.25) is 0 Å². The Morgan fingerprint density at radius 3 is 2.33 bits per heavy atom. The predicted molar refractivity (Wildman–Crippen MR) is 77.4 cm³/mol. The molecular formula is C14H24ClNO2. The zero-order chi connectivity index (χ0) is 12.7. The summed E-state index contributed by atoms with van der Waals surface area (Å²) in [7, 11) is 1.70. The Balaban J connectivity index is 0.00000289. The Labute approximate surface area is 116 Å². The Hall–Kier alpha value is -0.610. The highest BCUT2D eigenvalue weighted by atomic mass is 35.5. The molecule has 18 heavy (non-hydrogen) atoms. The molecule has 0 aliphatic heterocycles.